The van der Waals surface area contributed by atoms with Gasteiger partial charge in [-0.2, -0.15) is 0 Å². The van der Waals surface area contributed by atoms with E-state index in [-0.39, 0.29) is 0 Å². The van der Waals surface area contributed by atoms with Gasteiger partial charge in [-0.05, 0) is 30.2 Å². The molecule has 1 amide bonds. The van der Waals surface area contributed by atoms with Gasteiger partial charge in [0.15, 0.2) is 0 Å². The highest BCUT2D eigenvalue weighted by molar-refractivity contribution is 5.91. The van der Waals surface area contributed by atoms with E-state index in [1.54, 1.807) is 11.6 Å². The van der Waals surface area contributed by atoms with Crippen molar-refractivity contribution in [1.29, 1.82) is 0 Å². The summed E-state index contributed by atoms with van der Waals surface area (Å²) in [4.78, 5) is 18.9. The molecule has 0 bridgehead atoms. The summed E-state index contributed by atoms with van der Waals surface area (Å²) in [5.74, 6) is 0.475. The molecule has 2 rings (SSSR count). The van der Waals surface area contributed by atoms with E-state index in [9.17, 15) is 4.79 Å². The molecule has 0 radical (unpaired) electrons. The van der Waals surface area contributed by atoms with Crippen LogP contribution in [0.2, 0.25) is 0 Å². The largest absolute Gasteiger partial charge is 0.342 e. The van der Waals surface area contributed by atoms with Crippen LogP contribution in [-0.2, 0) is 11.2 Å². The fourth-order valence-corrected chi connectivity index (χ4v) is 2.58. The highest BCUT2D eigenvalue weighted by Gasteiger charge is 2.03. The number of H-pyrrole nitrogens is 1. The summed E-state index contributed by atoms with van der Waals surface area (Å²) < 4.78 is 0. The van der Waals surface area contributed by atoms with Crippen LogP contribution in [0.25, 0.3) is 17.1 Å². The molecule has 0 spiro atoms. The Bertz CT molecular complexity index is 661. The third-order valence-electron chi connectivity index (χ3n) is 3.86. The first-order chi connectivity index (χ1) is 11.2. The van der Waals surface area contributed by atoms with Crippen LogP contribution < -0.4 is 5.48 Å². The van der Waals surface area contributed by atoms with Crippen LogP contribution in [0, 0.1) is 0 Å². The van der Waals surface area contributed by atoms with Gasteiger partial charge in [-0.1, -0.05) is 45.1 Å². The van der Waals surface area contributed by atoms with Gasteiger partial charge < -0.3 is 4.98 Å². The zero-order chi connectivity index (χ0) is 16.5. The predicted molar refractivity (Wildman–Crippen MR) is 92.1 cm³/mol. The minimum atomic E-state index is -0.543. The van der Waals surface area contributed by atoms with Crippen LogP contribution in [-0.4, -0.2) is 21.1 Å². The lowest BCUT2D eigenvalue weighted by atomic mass is 10.1. The van der Waals surface area contributed by atoms with Gasteiger partial charge in [-0.3, -0.25) is 10.0 Å². The summed E-state index contributed by atoms with van der Waals surface area (Å²) in [6.45, 7) is 2.23. The van der Waals surface area contributed by atoms with Gasteiger partial charge in [-0.25, -0.2) is 10.5 Å². The maximum absolute atomic E-state index is 11.0. The number of imidazole rings is 1. The normalized spacial score (nSPS) is 11.4. The van der Waals surface area contributed by atoms with E-state index in [0.717, 1.165) is 35.3 Å². The number of nitrogens with zero attached hydrogens (tertiary/aromatic N) is 1. The average Bonchev–Trinajstić information content (AvgIpc) is 2.97. The summed E-state index contributed by atoms with van der Waals surface area (Å²) in [5.41, 5.74) is 4.37. The monoisotopic (exact) mass is 315 g/mol. The lowest BCUT2D eigenvalue weighted by Gasteiger charge is -1.98. The summed E-state index contributed by atoms with van der Waals surface area (Å²) >= 11 is 0. The molecular formula is C18H25N3O2. The minimum Gasteiger partial charge on any atom is -0.342 e. The number of carbonyl (C=O) groups excluding carboxylic acids is 1. The number of rotatable bonds is 9. The van der Waals surface area contributed by atoms with Crippen LogP contribution in [0.3, 0.4) is 0 Å². The number of aromatic amines is 1. The number of hydroxylamine groups is 1. The first-order valence-electron chi connectivity index (χ1n) is 8.33. The second-order valence-electron chi connectivity index (χ2n) is 5.79. The zero-order valence-corrected chi connectivity index (χ0v) is 13.6. The number of amides is 1. The average molecular weight is 315 g/mol. The van der Waals surface area contributed by atoms with Gasteiger partial charge in [-0.15, -0.1) is 0 Å². The van der Waals surface area contributed by atoms with E-state index in [1.807, 2.05) is 18.2 Å². The smallest absolute Gasteiger partial charge is 0.267 e. The number of hydrogen-bond donors (Lipinski definition) is 3. The number of unbranched alkanes of at least 4 members (excludes halogenated alkanes) is 5. The summed E-state index contributed by atoms with van der Waals surface area (Å²) in [5, 5.41) is 8.47. The molecular weight excluding hydrogens is 290 g/mol. The van der Waals surface area contributed by atoms with Gasteiger partial charge in [0, 0.05) is 12.5 Å². The molecule has 0 aliphatic heterocycles. The third-order valence-corrected chi connectivity index (χ3v) is 3.86. The molecule has 0 fully saturated rings. The number of fused-ring (bicyclic) bond motifs is 1. The van der Waals surface area contributed by atoms with E-state index >= 15 is 0 Å². The molecule has 1 aromatic heterocycles. The van der Waals surface area contributed by atoms with Gasteiger partial charge in [0.05, 0.1) is 11.0 Å². The molecule has 23 heavy (non-hydrogen) atoms. The molecule has 1 heterocycles. The van der Waals surface area contributed by atoms with Crippen molar-refractivity contribution in [1.82, 2.24) is 15.4 Å². The Kier molecular flexibility index (Phi) is 6.81. The molecule has 0 aliphatic rings. The molecule has 0 unspecified atom stereocenters. The SMILES string of the molecule is CCCCCCCCc1nc2ccc(/C=C/C(=O)NO)cc2[nH]1. The molecule has 3 N–H and O–H groups in total. The number of benzene rings is 1. The standard InChI is InChI=1S/C18H25N3O2/c1-2-3-4-5-6-7-8-17-19-15-11-9-14(13-16(15)20-17)10-12-18(22)21-23/h9-13,23H,2-8H2,1H3,(H,19,20)(H,21,22)/b12-10+. The van der Waals surface area contributed by atoms with Crippen molar-refractivity contribution in [3.8, 4) is 0 Å². The van der Waals surface area contributed by atoms with Crippen LogP contribution in [0.4, 0.5) is 0 Å². The van der Waals surface area contributed by atoms with Crippen molar-refractivity contribution in [2.75, 3.05) is 0 Å². The second kappa shape index (κ2) is 9.10. The number of carbonyl (C=O) groups is 1. The topological polar surface area (TPSA) is 78.0 Å². The Morgan fingerprint density at radius 2 is 2.04 bits per heavy atom. The molecule has 0 saturated carbocycles. The lowest BCUT2D eigenvalue weighted by molar-refractivity contribution is -0.124. The minimum absolute atomic E-state index is 0.543. The van der Waals surface area contributed by atoms with Crippen molar-refractivity contribution in [2.24, 2.45) is 0 Å². The fraction of sp³-hybridized carbons (Fsp3) is 0.444. The summed E-state index contributed by atoms with van der Waals surface area (Å²) in [6.07, 6.45) is 11.6. The van der Waals surface area contributed by atoms with Crippen LogP contribution >= 0.6 is 0 Å². The fourth-order valence-electron chi connectivity index (χ4n) is 2.58. The summed E-state index contributed by atoms with van der Waals surface area (Å²) in [6, 6.07) is 5.79. The van der Waals surface area contributed by atoms with E-state index in [0.29, 0.717) is 0 Å². The molecule has 2 aromatic rings. The molecule has 5 heteroatoms. The van der Waals surface area contributed by atoms with Crippen molar-refractivity contribution >= 4 is 23.0 Å². The third kappa shape index (κ3) is 5.53. The first-order valence-corrected chi connectivity index (χ1v) is 8.33. The maximum atomic E-state index is 11.0. The van der Waals surface area contributed by atoms with Gasteiger partial charge in [0.2, 0.25) is 0 Å². The second-order valence-corrected chi connectivity index (χ2v) is 5.79. The Morgan fingerprint density at radius 1 is 1.26 bits per heavy atom. The van der Waals surface area contributed by atoms with E-state index < -0.39 is 5.91 Å². The molecule has 0 atom stereocenters. The van der Waals surface area contributed by atoms with Crippen molar-refractivity contribution in [2.45, 2.75) is 51.9 Å². The molecule has 5 nitrogen and oxygen atoms in total. The predicted octanol–water partition coefficient (Wildman–Crippen LogP) is 3.98. The lowest BCUT2D eigenvalue weighted by Crippen LogP contribution is -2.14. The van der Waals surface area contributed by atoms with E-state index in [2.05, 4.69) is 16.9 Å². The molecule has 0 aliphatic carbocycles. The summed E-state index contributed by atoms with van der Waals surface area (Å²) in [7, 11) is 0. The van der Waals surface area contributed by atoms with Crippen molar-refractivity contribution in [3.05, 3.63) is 35.7 Å². The van der Waals surface area contributed by atoms with Crippen molar-refractivity contribution in [3.63, 3.8) is 0 Å². The molecule has 124 valence electrons. The molecule has 1 aromatic carbocycles. The maximum Gasteiger partial charge on any atom is 0.267 e. The van der Waals surface area contributed by atoms with Gasteiger partial charge >= 0.3 is 0 Å². The number of hydrogen-bond acceptors (Lipinski definition) is 3. The Labute approximate surface area is 136 Å². The van der Waals surface area contributed by atoms with E-state index in [4.69, 9.17) is 5.21 Å². The Morgan fingerprint density at radius 3 is 2.83 bits per heavy atom. The van der Waals surface area contributed by atoms with Gasteiger partial charge in [0.25, 0.3) is 5.91 Å². The van der Waals surface area contributed by atoms with Gasteiger partial charge in [0.1, 0.15) is 5.82 Å². The van der Waals surface area contributed by atoms with Crippen molar-refractivity contribution < 1.29 is 10.0 Å². The van der Waals surface area contributed by atoms with Crippen LogP contribution in [0.1, 0.15) is 56.8 Å². The highest BCUT2D eigenvalue weighted by atomic mass is 16.5. The number of aromatic nitrogens is 2. The Balaban J connectivity index is 1.91. The molecule has 0 saturated heterocycles. The van der Waals surface area contributed by atoms with Crippen LogP contribution in [0.5, 0.6) is 0 Å². The van der Waals surface area contributed by atoms with Crippen LogP contribution in [0.15, 0.2) is 24.3 Å². The Hall–Kier alpha value is -2.14. The number of aryl methyl sites for hydroxylation is 1. The van der Waals surface area contributed by atoms with E-state index in [1.165, 1.54) is 38.2 Å². The number of nitrogens with one attached hydrogen (secondary N) is 2. The highest BCUT2D eigenvalue weighted by Crippen LogP contribution is 2.16. The zero-order valence-electron chi connectivity index (χ0n) is 13.6. The quantitative estimate of drug-likeness (QED) is 0.283. The first kappa shape index (κ1) is 17.2.